The van der Waals surface area contributed by atoms with Crippen LogP contribution in [-0.4, -0.2) is 62.1 Å². The van der Waals surface area contributed by atoms with Crippen LogP contribution in [0.25, 0.3) is 0 Å². The van der Waals surface area contributed by atoms with Crippen molar-refractivity contribution in [3.8, 4) is 5.75 Å². The van der Waals surface area contributed by atoms with Crippen molar-refractivity contribution in [2.45, 2.75) is 38.8 Å². The Morgan fingerprint density at radius 3 is 2.58 bits per heavy atom. The van der Waals surface area contributed by atoms with Crippen LogP contribution in [0, 0.1) is 6.92 Å². The summed E-state index contributed by atoms with van der Waals surface area (Å²) in [5, 5.41) is 6.76. The number of nitrogens with zero attached hydrogens (tertiary/aromatic N) is 2. The molecule has 0 aromatic heterocycles. The van der Waals surface area contributed by atoms with Crippen LogP contribution < -0.4 is 21.1 Å². The second kappa shape index (κ2) is 10.0. The monoisotopic (exact) mass is 361 g/mol. The van der Waals surface area contributed by atoms with Gasteiger partial charge in [-0.1, -0.05) is 17.7 Å². The third-order valence-corrected chi connectivity index (χ3v) is 4.45. The number of piperidine rings is 1. The Kier molecular flexibility index (Phi) is 7.72. The summed E-state index contributed by atoms with van der Waals surface area (Å²) in [6.45, 7) is 6.82. The Labute approximate surface area is 156 Å². The minimum atomic E-state index is -0.267. The number of guanidine groups is 1. The third kappa shape index (κ3) is 6.92. The highest BCUT2D eigenvalue weighted by atomic mass is 16.5. The van der Waals surface area contributed by atoms with E-state index in [0.717, 1.165) is 37.6 Å². The summed E-state index contributed by atoms with van der Waals surface area (Å²) in [4.78, 5) is 17.4. The number of carbonyl (C=O) groups is 1. The average Bonchev–Trinajstić information content (AvgIpc) is 2.61. The molecule has 1 unspecified atom stereocenters. The van der Waals surface area contributed by atoms with Crippen molar-refractivity contribution in [2.75, 3.05) is 33.2 Å². The van der Waals surface area contributed by atoms with Crippen LogP contribution in [0.2, 0.25) is 0 Å². The van der Waals surface area contributed by atoms with Crippen molar-refractivity contribution in [1.29, 1.82) is 0 Å². The van der Waals surface area contributed by atoms with Crippen LogP contribution in [0.4, 0.5) is 0 Å². The predicted octanol–water partition coefficient (Wildman–Crippen LogP) is 0.877. The largest absolute Gasteiger partial charge is 0.489 e. The minimum Gasteiger partial charge on any atom is -0.489 e. The number of primary amides is 1. The Hall–Kier alpha value is -2.28. The highest BCUT2D eigenvalue weighted by Crippen LogP contribution is 2.13. The quantitative estimate of drug-likeness (QED) is 0.495. The Morgan fingerprint density at radius 2 is 2.00 bits per heavy atom. The number of hydrogen-bond acceptors (Lipinski definition) is 4. The van der Waals surface area contributed by atoms with Crippen molar-refractivity contribution in [1.82, 2.24) is 15.5 Å². The second-order valence-corrected chi connectivity index (χ2v) is 6.86. The van der Waals surface area contributed by atoms with Gasteiger partial charge in [-0.05, 0) is 38.8 Å². The lowest BCUT2D eigenvalue weighted by Gasteiger charge is -2.32. The number of benzene rings is 1. The van der Waals surface area contributed by atoms with E-state index >= 15 is 0 Å². The van der Waals surface area contributed by atoms with Crippen LogP contribution in [0.15, 0.2) is 29.3 Å². The first kappa shape index (κ1) is 20.0. The van der Waals surface area contributed by atoms with Gasteiger partial charge in [0.15, 0.2) is 5.96 Å². The first-order valence-electron chi connectivity index (χ1n) is 9.17. The van der Waals surface area contributed by atoms with Gasteiger partial charge in [0.2, 0.25) is 5.91 Å². The molecule has 7 nitrogen and oxygen atoms in total. The van der Waals surface area contributed by atoms with Crippen LogP contribution in [0.5, 0.6) is 5.75 Å². The number of nitrogens with two attached hydrogens (primary N) is 1. The lowest BCUT2D eigenvalue weighted by molar-refractivity contribution is -0.119. The molecule has 0 bridgehead atoms. The van der Waals surface area contributed by atoms with E-state index in [-0.39, 0.29) is 12.0 Å². The van der Waals surface area contributed by atoms with Gasteiger partial charge in [0.25, 0.3) is 0 Å². The molecule has 7 heteroatoms. The maximum Gasteiger partial charge on any atom is 0.231 e. The van der Waals surface area contributed by atoms with E-state index in [1.807, 2.05) is 31.2 Å². The first-order chi connectivity index (χ1) is 12.5. The molecule has 1 amide bonds. The molecule has 1 atom stereocenters. The third-order valence-electron chi connectivity index (χ3n) is 4.45. The summed E-state index contributed by atoms with van der Waals surface area (Å²) in [6.07, 6.45) is 1.95. The van der Waals surface area contributed by atoms with Crippen molar-refractivity contribution >= 4 is 11.9 Å². The number of carbonyl (C=O) groups excluding carboxylic acids is 1. The molecular weight excluding hydrogens is 330 g/mol. The van der Waals surface area contributed by atoms with Gasteiger partial charge in [-0.15, -0.1) is 0 Å². The van der Waals surface area contributed by atoms with Crippen molar-refractivity contribution in [3.63, 3.8) is 0 Å². The van der Waals surface area contributed by atoms with E-state index < -0.39 is 0 Å². The fourth-order valence-corrected chi connectivity index (χ4v) is 2.98. The molecule has 144 valence electrons. The molecule has 2 rings (SSSR count). The van der Waals surface area contributed by atoms with Crippen molar-refractivity contribution < 1.29 is 9.53 Å². The Bertz CT molecular complexity index is 594. The van der Waals surface area contributed by atoms with Crippen molar-refractivity contribution in [3.05, 3.63) is 29.8 Å². The number of aryl methyl sites for hydroxylation is 1. The summed E-state index contributed by atoms with van der Waals surface area (Å²) in [6, 6.07) is 8.40. The number of amides is 1. The zero-order valence-corrected chi connectivity index (χ0v) is 16.0. The first-order valence-corrected chi connectivity index (χ1v) is 9.17. The molecule has 1 aliphatic heterocycles. The van der Waals surface area contributed by atoms with Gasteiger partial charge in [0.1, 0.15) is 11.9 Å². The standard InChI is InChI=1S/C19H31N5O2/c1-14-4-6-17(7-5-14)26-15(2)12-22-19(21-3)23-16-8-10-24(11-9-16)13-18(20)25/h4-7,15-16H,8-13H2,1-3H3,(H2,20,25)(H2,21,22,23). The van der Waals surface area contributed by atoms with E-state index in [2.05, 4.69) is 27.4 Å². The molecular formula is C19H31N5O2. The molecule has 1 heterocycles. The summed E-state index contributed by atoms with van der Waals surface area (Å²) < 4.78 is 5.91. The lowest BCUT2D eigenvalue weighted by Crippen LogP contribution is -2.50. The van der Waals surface area contributed by atoms with Gasteiger partial charge in [-0.25, -0.2) is 0 Å². The molecule has 1 aromatic rings. The van der Waals surface area contributed by atoms with Crippen molar-refractivity contribution in [2.24, 2.45) is 10.7 Å². The molecule has 0 spiro atoms. The highest BCUT2D eigenvalue weighted by Gasteiger charge is 2.21. The predicted molar refractivity (Wildman–Crippen MR) is 104 cm³/mol. The number of aliphatic imine (C=N–C) groups is 1. The fraction of sp³-hybridized carbons (Fsp3) is 0.579. The molecule has 1 saturated heterocycles. The smallest absolute Gasteiger partial charge is 0.231 e. The van der Waals surface area contributed by atoms with Gasteiger partial charge in [0, 0.05) is 26.2 Å². The highest BCUT2D eigenvalue weighted by molar-refractivity contribution is 5.80. The van der Waals surface area contributed by atoms with E-state index in [1.54, 1.807) is 7.05 Å². The summed E-state index contributed by atoms with van der Waals surface area (Å²) in [5.41, 5.74) is 6.47. The van der Waals surface area contributed by atoms with Gasteiger partial charge in [-0.3, -0.25) is 14.7 Å². The molecule has 4 N–H and O–H groups in total. The molecule has 1 aliphatic rings. The lowest BCUT2D eigenvalue weighted by atomic mass is 10.1. The number of likely N-dealkylation sites (tertiary alicyclic amines) is 1. The second-order valence-electron chi connectivity index (χ2n) is 6.86. The van der Waals surface area contributed by atoms with Gasteiger partial charge >= 0.3 is 0 Å². The Balaban J connectivity index is 1.70. The molecule has 26 heavy (non-hydrogen) atoms. The zero-order valence-electron chi connectivity index (χ0n) is 16.0. The van der Waals surface area contributed by atoms with Gasteiger partial charge < -0.3 is 21.1 Å². The number of nitrogens with one attached hydrogen (secondary N) is 2. The maximum atomic E-state index is 11.0. The van der Waals surface area contributed by atoms with E-state index in [0.29, 0.717) is 19.1 Å². The zero-order chi connectivity index (χ0) is 18.9. The van der Waals surface area contributed by atoms with E-state index in [9.17, 15) is 4.79 Å². The van der Waals surface area contributed by atoms with E-state index in [1.165, 1.54) is 5.56 Å². The normalized spacial score (nSPS) is 17.6. The Morgan fingerprint density at radius 1 is 1.35 bits per heavy atom. The molecule has 0 saturated carbocycles. The molecule has 1 fully saturated rings. The SMILES string of the molecule is CN=C(NCC(C)Oc1ccc(C)cc1)NC1CCN(CC(N)=O)CC1. The molecule has 0 radical (unpaired) electrons. The fourth-order valence-electron chi connectivity index (χ4n) is 2.98. The average molecular weight is 361 g/mol. The summed E-state index contributed by atoms with van der Waals surface area (Å²) in [7, 11) is 1.77. The minimum absolute atomic E-state index is 0.0219. The topological polar surface area (TPSA) is 92.0 Å². The maximum absolute atomic E-state index is 11.0. The molecule has 1 aromatic carbocycles. The summed E-state index contributed by atoms with van der Waals surface area (Å²) >= 11 is 0. The van der Waals surface area contributed by atoms with Crippen LogP contribution in [0.3, 0.4) is 0 Å². The number of ether oxygens (including phenoxy) is 1. The van der Waals surface area contributed by atoms with Gasteiger partial charge in [-0.2, -0.15) is 0 Å². The van der Waals surface area contributed by atoms with E-state index in [4.69, 9.17) is 10.5 Å². The van der Waals surface area contributed by atoms with Crippen LogP contribution in [-0.2, 0) is 4.79 Å². The number of hydrogen-bond donors (Lipinski definition) is 3. The molecule has 0 aliphatic carbocycles. The van der Waals surface area contributed by atoms with Crippen LogP contribution >= 0.6 is 0 Å². The van der Waals surface area contributed by atoms with Gasteiger partial charge in [0.05, 0.1) is 13.1 Å². The number of rotatable bonds is 7. The summed E-state index contributed by atoms with van der Waals surface area (Å²) in [5.74, 6) is 1.38. The van der Waals surface area contributed by atoms with Crippen LogP contribution in [0.1, 0.15) is 25.3 Å².